The first-order valence-corrected chi connectivity index (χ1v) is 7.03. The number of carboxylic acids is 1. The van der Waals surface area contributed by atoms with Gasteiger partial charge in [0.2, 0.25) is 0 Å². The predicted octanol–water partition coefficient (Wildman–Crippen LogP) is 2.56. The zero-order valence-corrected chi connectivity index (χ0v) is 12.8. The van der Waals surface area contributed by atoms with Crippen LogP contribution >= 0.6 is 0 Å². The van der Waals surface area contributed by atoms with Crippen LogP contribution in [0.25, 0.3) is 0 Å². The zero-order valence-electron chi connectivity index (χ0n) is 12.8. The summed E-state index contributed by atoms with van der Waals surface area (Å²) in [5.74, 6) is -0.820. The van der Waals surface area contributed by atoms with E-state index in [1.807, 2.05) is 13.8 Å². The minimum atomic E-state index is -0.847. The highest BCUT2D eigenvalue weighted by Gasteiger charge is 2.20. The van der Waals surface area contributed by atoms with E-state index in [-0.39, 0.29) is 18.6 Å². The molecule has 112 valence electrons. The van der Waals surface area contributed by atoms with Gasteiger partial charge in [-0.15, -0.1) is 0 Å². The van der Waals surface area contributed by atoms with Crippen molar-refractivity contribution < 1.29 is 14.7 Å². The lowest BCUT2D eigenvalue weighted by Crippen LogP contribution is -2.45. The molecule has 19 heavy (non-hydrogen) atoms. The average Bonchev–Trinajstić information content (AvgIpc) is 2.31. The Morgan fingerprint density at radius 3 is 2.26 bits per heavy atom. The van der Waals surface area contributed by atoms with E-state index in [1.54, 1.807) is 11.9 Å². The molecule has 0 aromatic carbocycles. The third-order valence-electron chi connectivity index (χ3n) is 3.28. The van der Waals surface area contributed by atoms with Crippen molar-refractivity contribution in [2.75, 3.05) is 13.6 Å². The van der Waals surface area contributed by atoms with Crippen molar-refractivity contribution in [2.24, 2.45) is 11.8 Å². The average molecular weight is 272 g/mol. The van der Waals surface area contributed by atoms with Crippen LogP contribution in [0.3, 0.4) is 0 Å². The van der Waals surface area contributed by atoms with Gasteiger partial charge in [0.25, 0.3) is 0 Å². The van der Waals surface area contributed by atoms with Gasteiger partial charge in [-0.25, -0.2) is 4.79 Å². The van der Waals surface area contributed by atoms with Crippen molar-refractivity contribution in [2.45, 2.75) is 53.0 Å². The first-order valence-electron chi connectivity index (χ1n) is 7.03. The maximum absolute atomic E-state index is 11.9. The summed E-state index contributed by atoms with van der Waals surface area (Å²) in [6.45, 7) is 8.36. The molecule has 0 fully saturated rings. The van der Waals surface area contributed by atoms with Crippen LogP contribution in [0.4, 0.5) is 4.79 Å². The van der Waals surface area contributed by atoms with Crippen molar-refractivity contribution in [1.29, 1.82) is 0 Å². The molecule has 2 amide bonds. The number of hydrogen-bond acceptors (Lipinski definition) is 2. The maximum Gasteiger partial charge on any atom is 0.317 e. The molecule has 0 rings (SSSR count). The Bertz CT molecular complexity index is 292. The summed E-state index contributed by atoms with van der Waals surface area (Å²) in [4.78, 5) is 24.5. The van der Waals surface area contributed by atoms with Crippen LogP contribution in [-0.4, -0.2) is 41.6 Å². The van der Waals surface area contributed by atoms with Crippen molar-refractivity contribution >= 4 is 12.0 Å². The van der Waals surface area contributed by atoms with Crippen LogP contribution in [0, 0.1) is 11.8 Å². The largest absolute Gasteiger partial charge is 0.481 e. The predicted molar refractivity (Wildman–Crippen MR) is 76.1 cm³/mol. The molecule has 0 spiro atoms. The quantitative estimate of drug-likeness (QED) is 0.713. The van der Waals surface area contributed by atoms with Crippen LogP contribution in [0.5, 0.6) is 0 Å². The lowest BCUT2D eigenvalue weighted by atomic mass is 10.0. The summed E-state index contributed by atoms with van der Waals surface area (Å²) in [5, 5.41) is 11.7. The molecule has 0 bridgehead atoms. The molecule has 0 aliphatic carbocycles. The first kappa shape index (κ1) is 17.7. The number of nitrogens with zero attached hydrogens (tertiary/aromatic N) is 1. The minimum Gasteiger partial charge on any atom is -0.481 e. The van der Waals surface area contributed by atoms with Gasteiger partial charge in [-0.1, -0.05) is 27.2 Å². The van der Waals surface area contributed by atoms with Crippen molar-refractivity contribution in [3.05, 3.63) is 0 Å². The Morgan fingerprint density at radius 2 is 1.84 bits per heavy atom. The summed E-state index contributed by atoms with van der Waals surface area (Å²) < 4.78 is 0. The van der Waals surface area contributed by atoms with E-state index in [9.17, 15) is 9.59 Å². The SMILES string of the molecule is CCCC(CNC(=O)N(C)C(C)CC(C)C)C(=O)O. The zero-order chi connectivity index (χ0) is 15.0. The fourth-order valence-corrected chi connectivity index (χ4v) is 2.04. The molecular weight excluding hydrogens is 244 g/mol. The van der Waals surface area contributed by atoms with E-state index >= 15 is 0 Å². The Balaban J connectivity index is 4.24. The third-order valence-corrected chi connectivity index (χ3v) is 3.28. The Hall–Kier alpha value is -1.26. The molecule has 5 heteroatoms. The molecule has 0 aromatic heterocycles. The van der Waals surface area contributed by atoms with Crippen LogP contribution in [-0.2, 0) is 4.79 Å². The van der Waals surface area contributed by atoms with Gasteiger partial charge in [0.15, 0.2) is 0 Å². The molecule has 0 aliphatic heterocycles. The molecule has 0 heterocycles. The molecule has 2 N–H and O–H groups in total. The number of nitrogens with one attached hydrogen (secondary N) is 1. The van der Waals surface area contributed by atoms with E-state index in [2.05, 4.69) is 19.2 Å². The van der Waals surface area contributed by atoms with Gasteiger partial charge in [-0.05, 0) is 25.7 Å². The standard InChI is InChI=1S/C14H28N2O3/c1-6-7-12(13(17)18)9-15-14(19)16(5)11(4)8-10(2)3/h10-12H,6-9H2,1-5H3,(H,15,19)(H,17,18). The van der Waals surface area contributed by atoms with Gasteiger partial charge in [0, 0.05) is 19.6 Å². The normalized spacial score (nSPS) is 14.0. The summed E-state index contributed by atoms with van der Waals surface area (Å²) in [6.07, 6.45) is 2.31. The van der Waals surface area contributed by atoms with Gasteiger partial charge < -0.3 is 15.3 Å². The Labute approximate surface area is 116 Å². The molecular formula is C14H28N2O3. The smallest absolute Gasteiger partial charge is 0.317 e. The monoisotopic (exact) mass is 272 g/mol. The molecule has 0 aliphatic rings. The van der Waals surface area contributed by atoms with Gasteiger partial charge in [-0.3, -0.25) is 4.79 Å². The van der Waals surface area contributed by atoms with Gasteiger partial charge in [0.05, 0.1) is 5.92 Å². The maximum atomic E-state index is 11.9. The molecule has 0 saturated carbocycles. The molecule has 2 atom stereocenters. The Morgan fingerprint density at radius 1 is 1.26 bits per heavy atom. The number of carboxylic acid groups (broad SMARTS) is 1. The summed E-state index contributed by atoms with van der Waals surface area (Å²) in [6, 6.07) is -0.0510. The molecule has 0 saturated heterocycles. The molecule has 0 aromatic rings. The molecule has 5 nitrogen and oxygen atoms in total. The summed E-state index contributed by atoms with van der Waals surface area (Å²) in [7, 11) is 1.75. The number of urea groups is 1. The molecule has 2 unspecified atom stereocenters. The second-order valence-electron chi connectivity index (χ2n) is 5.60. The van der Waals surface area contributed by atoms with Crippen LogP contribution in [0.15, 0.2) is 0 Å². The fraction of sp³-hybridized carbons (Fsp3) is 0.857. The minimum absolute atomic E-state index is 0.148. The van der Waals surface area contributed by atoms with E-state index in [0.717, 1.165) is 12.8 Å². The number of rotatable bonds is 8. The first-order chi connectivity index (χ1) is 8.79. The van der Waals surface area contributed by atoms with Gasteiger partial charge in [0.1, 0.15) is 0 Å². The van der Waals surface area contributed by atoms with Crippen molar-refractivity contribution in [3.63, 3.8) is 0 Å². The Kier molecular flexibility index (Phi) is 8.19. The highest BCUT2D eigenvalue weighted by atomic mass is 16.4. The number of carbonyl (C=O) groups is 2. The highest BCUT2D eigenvalue weighted by Crippen LogP contribution is 2.10. The number of amides is 2. The third kappa shape index (κ3) is 7.03. The fourth-order valence-electron chi connectivity index (χ4n) is 2.04. The second kappa shape index (κ2) is 8.77. The van der Waals surface area contributed by atoms with E-state index in [4.69, 9.17) is 5.11 Å². The van der Waals surface area contributed by atoms with Crippen LogP contribution in [0.1, 0.15) is 47.0 Å². The number of carbonyl (C=O) groups excluding carboxylic acids is 1. The highest BCUT2D eigenvalue weighted by molar-refractivity contribution is 5.76. The topological polar surface area (TPSA) is 69.6 Å². The van der Waals surface area contributed by atoms with Crippen LogP contribution in [0.2, 0.25) is 0 Å². The molecule has 0 radical (unpaired) electrons. The summed E-state index contributed by atoms with van der Waals surface area (Å²) >= 11 is 0. The summed E-state index contributed by atoms with van der Waals surface area (Å²) in [5.41, 5.74) is 0. The van der Waals surface area contributed by atoms with Crippen molar-refractivity contribution in [1.82, 2.24) is 10.2 Å². The van der Waals surface area contributed by atoms with Gasteiger partial charge in [-0.2, -0.15) is 0 Å². The van der Waals surface area contributed by atoms with Crippen molar-refractivity contribution in [3.8, 4) is 0 Å². The van der Waals surface area contributed by atoms with E-state index in [1.165, 1.54) is 0 Å². The van der Waals surface area contributed by atoms with E-state index in [0.29, 0.717) is 12.3 Å². The second-order valence-corrected chi connectivity index (χ2v) is 5.60. The van der Waals surface area contributed by atoms with Gasteiger partial charge >= 0.3 is 12.0 Å². The van der Waals surface area contributed by atoms with E-state index < -0.39 is 11.9 Å². The van der Waals surface area contributed by atoms with Crippen LogP contribution < -0.4 is 5.32 Å². The lowest BCUT2D eigenvalue weighted by molar-refractivity contribution is -0.141. The number of aliphatic carboxylic acids is 1. The lowest BCUT2D eigenvalue weighted by Gasteiger charge is -2.27. The number of hydrogen-bond donors (Lipinski definition) is 2.